The van der Waals surface area contributed by atoms with Crippen LogP contribution in [0.2, 0.25) is 0 Å². The molecule has 1 heterocycles. The van der Waals surface area contributed by atoms with Crippen LogP contribution in [0.5, 0.6) is 0 Å². The molecule has 1 aromatic heterocycles. The molecule has 0 bridgehead atoms. The Morgan fingerprint density at radius 2 is 1.74 bits per heavy atom. The predicted molar refractivity (Wildman–Crippen MR) is 107 cm³/mol. The third kappa shape index (κ3) is 5.24. The van der Waals surface area contributed by atoms with Crippen molar-refractivity contribution in [3.8, 4) is 0 Å². The van der Waals surface area contributed by atoms with Crippen molar-refractivity contribution in [2.45, 2.75) is 6.04 Å². The number of rotatable bonds is 6. The van der Waals surface area contributed by atoms with Crippen molar-refractivity contribution in [2.75, 3.05) is 6.54 Å². The second-order valence-electron chi connectivity index (χ2n) is 5.86. The van der Waals surface area contributed by atoms with E-state index in [1.54, 1.807) is 24.4 Å². The van der Waals surface area contributed by atoms with E-state index in [4.69, 9.17) is 0 Å². The van der Waals surface area contributed by atoms with Gasteiger partial charge in [-0.15, -0.1) is 0 Å². The minimum atomic E-state index is -0.386. The highest BCUT2D eigenvalue weighted by atomic mass is 79.9. The van der Waals surface area contributed by atoms with Crippen LogP contribution < -0.4 is 10.6 Å². The second kappa shape index (κ2) is 9.09. The summed E-state index contributed by atoms with van der Waals surface area (Å²) in [5.74, 6) is -0.599. The molecule has 1 unspecified atom stereocenters. The Bertz CT molecular complexity index is 877. The average Bonchev–Trinajstić information content (AvgIpc) is 2.71. The summed E-state index contributed by atoms with van der Waals surface area (Å²) in [4.78, 5) is 29.0. The summed E-state index contributed by atoms with van der Waals surface area (Å²) in [6, 6.07) is 21.8. The van der Waals surface area contributed by atoms with Crippen LogP contribution in [0.4, 0.5) is 0 Å². The van der Waals surface area contributed by atoms with Crippen LogP contribution in [0, 0.1) is 0 Å². The van der Waals surface area contributed by atoms with Crippen molar-refractivity contribution in [3.63, 3.8) is 0 Å². The number of nitrogens with one attached hydrogen (secondary N) is 2. The molecule has 136 valence electrons. The number of aromatic nitrogens is 1. The van der Waals surface area contributed by atoms with E-state index in [1.165, 1.54) is 0 Å². The summed E-state index contributed by atoms with van der Waals surface area (Å²) in [7, 11) is 0. The summed E-state index contributed by atoms with van der Waals surface area (Å²) >= 11 is 3.33. The number of hydrogen-bond acceptors (Lipinski definition) is 3. The minimum Gasteiger partial charge on any atom is -0.343 e. The lowest BCUT2D eigenvalue weighted by Crippen LogP contribution is -2.39. The molecule has 0 saturated carbocycles. The molecular weight excluding hydrogens is 406 g/mol. The van der Waals surface area contributed by atoms with Crippen molar-refractivity contribution >= 4 is 27.7 Å². The van der Waals surface area contributed by atoms with Crippen LogP contribution in [0.3, 0.4) is 0 Å². The topological polar surface area (TPSA) is 71.1 Å². The van der Waals surface area contributed by atoms with E-state index in [0.29, 0.717) is 5.56 Å². The number of amides is 2. The highest BCUT2D eigenvalue weighted by Crippen LogP contribution is 2.19. The number of benzene rings is 2. The van der Waals surface area contributed by atoms with E-state index in [-0.39, 0.29) is 24.4 Å². The summed E-state index contributed by atoms with van der Waals surface area (Å²) in [5, 5.41) is 5.58. The van der Waals surface area contributed by atoms with Crippen molar-refractivity contribution < 1.29 is 9.59 Å². The third-order valence-electron chi connectivity index (χ3n) is 3.92. The summed E-state index contributed by atoms with van der Waals surface area (Å²) in [6.45, 7) is -0.123. The summed E-state index contributed by atoms with van der Waals surface area (Å²) < 4.78 is 0.805. The van der Waals surface area contributed by atoms with E-state index in [0.717, 1.165) is 15.7 Å². The molecule has 6 heteroatoms. The molecule has 0 spiro atoms. The Hall–Kier alpha value is -2.99. The van der Waals surface area contributed by atoms with Gasteiger partial charge in [-0.2, -0.15) is 0 Å². The van der Waals surface area contributed by atoms with Gasteiger partial charge in [0.25, 0.3) is 5.91 Å². The fourth-order valence-corrected chi connectivity index (χ4v) is 3.02. The summed E-state index contributed by atoms with van der Waals surface area (Å²) in [5.41, 5.74) is 2.14. The van der Waals surface area contributed by atoms with Crippen molar-refractivity contribution in [1.82, 2.24) is 15.6 Å². The molecule has 1 atom stereocenters. The number of hydrogen-bond donors (Lipinski definition) is 2. The summed E-state index contributed by atoms with van der Waals surface area (Å²) in [6.07, 6.45) is 1.69. The van der Waals surface area contributed by atoms with E-state index < -0.39 is 0 Å². The maximum atomic E-state index is 12.4. The molecule has 2 aromatic carbocycles. The largest absolute Gasteiger partial charge is 0.343 e. The smallest absolute Gasteiger partial charge is 0.251 e. The quantitative estimate of drug-likeness (QED) is 0.637. The fourth-order valence-electron chi connectivity index (χ4n) is 2.62. The Labute approximate surface area is 166 Å². The zero-order valence-corrected chi connectivity index (χ0v) is 16.0. The predicted octanol–water partition coefficient (Wildman–Crippen LogP) is 3.48. The number of halogens is 1. The van der Waals surface area contributed by atoms with Crippen LogP contribution in [-0.2, 0) is 4.79 Å². The monoisotopic (exact) mass is 423 g/mol. The first-order valence-electron chi connectivity index (χ1n) is 8.42. The molecule has 0 saturated heterocycles. The standard InChI is InChI=1S/C21H18BrN3O2/c22-17-10-6-9-16(13-17)21(27)24-14-19(26)25-20(15-7-2-1-3-8-15)18-11-4-5-12-23-18/h1-13,20H,14H2,(H,24,27)(H,25,26). The molecule has 5 nitrogen and oxygen atoms in total. The molecule has 0 fully saturated rings. The third-order valence-corrected chi connectivity index (χ3v) is 4.41. The number of pyridine rings is 1. The molecule has 27 heavy (non-hydrogen) atoms. The van der Waals surface area contributed by atoms with Gasteiger partial charge in [-0.05, 0) is 35.9 Å². The minimum absolute atomic E-state index is 0.123. The maximum Gasteiger partial charge on any atom is 0.251 e. The highest BCUT2D eigenvalue weighted by molar-refractivity contribution is 9.10. The lowest BCUT2D eigenvalue weighted by Gasteiger charge is -2.19. The van der Waals surface area contributed by atoms with Crippen LogP contribution in [0.1, 0.15) is 27.7 Å². The number of carbonyl (C=O) groups excluding carboxylic acids is 2. The molecule has 3 rings (SSSR count). The Morgan fingerprint density at radius 3 is 2.44 bits per heavy atom. The second-order valence-corrected chi connectivity index (χ2v) is 6.77. The first-order valence-corrected chi connectivity index (χ1v) is 9.22. The van der Waals surface area contributed by atoms with Gasteiger partial charge in [-0.1, -0.05) is 58.4 Å². The van der Waals surface area contributed by atoms with Crippen LogP contribution in [0.25, 0.3) is 0 Å². The normalized spacial score (nSPS) is 11.4. The van der Waals surface area contributed by atoms with Crippen LogP contribution in [-0.4, -0.2) is 23.3 Å². The van der Waals surface area contributed by atoms with Crippen molar-refractivity contribution in [2.24, 2.45) is 0 Å². The van der Waals surface area contributed by atoms with Gasteiger partial charge in [0.05, 0.1) is 18.3 Å². The lowest BCUT2D eigenvalue weighted by atomic mass is 10.0. The van der Waals surface area contributed by atoms with E-state index in [2.05, 4.69) is 31.5 Å². The number of nitrogens with zero attached hydrogens (tertiary/aromatic N) is 1. The molecule has 2 N–H and O–H groups in total. The zero-order chi connectivity index (χ0) is 19.1. The van der Waals surface area contributed by atoms with Gasteiger partial charge in [-0.25, -0.2) is 0 Å². The Balaban J connectivity index is 1.67. The van der Waals surface area contributed by atoms with Gasteiger partial charge in [0.15, 0.2) is 0 Å². The van der Waals surface area contributed by atoms with E-state index >= 15 is 0 Å². The molecule has 2 amide bonds. The van der Waals surface area contributed by atoms with Crippen molar-refractivity contribution in [1.29, 1.82) is 0 Å². The van der Waals surface area contributed by atoms with E-state index in [1.807, 2.05) is 54.6 Å². The zero-order valence-electron chi connectivity index (χ0n) is 14.4. The first kappa shape index (κ1) is 18.8. The van der Waals surface area contributed by atoms with Gasteiger partial charge >= 0.3 is 0 Å². The molecule has 0 aliphatic rings. The molecule has 0 radical (unpaired) electrons. The maximum absolute atomic E-state index is 12.4. The van der Waals surface area contributed by atoms with Gasteiger partial charge in [-0.3, -0.25) is 14.6 Å². The fraction of sp³-hybridized carbons (Fsp3) is 0.0952. The average molecular weight is 424 g/mol. The highest BCUT2D eigenvalue weighted by Gasteiger charge is 2.18. The van der Waals surface area contributed by atoms with Gasteiger partial charge < -0.3 is 10.6 Å². The SMILES string of the molecule is O=C(CNC(=O)c1cccc(Br)c1)NC(c1ccccc1)c1ccccn1. The first-order chi connectivity index (χ1) is 13.1. The van der Waals surface area contributed by atoms with E-state index in [9.17, 15) is 9.59 Å². The molecular formula is C21H18BrN3O2. The number of carbonyl (C=O) groups is 2. The van der Waals surface area contributed by atoms with Gasteiger partial charge in [0, 0.05) is 16.2 Å². The Morgan fingerprint density at radius 1 is 0.963 bits per heavy atom. The molecule has 3 aromatic rings. The Kier molecular flexibility index (Phi) is 6.33. The van der Waals surface area contributed by atoms with Gasteiger partial charge in [0.2, 0.25) is 5.91 Å². The van der Waals surface area contributed by atoms with Crippen LogP contribution in [0.15, 0.2) is 83.5 Å². The molecule has 0 aliphatic carbocycles. The lowest BCUT2D eigenvalue weighted by molar-refractivity contribution is -0.120. The van der Waals surface area contributed by atoms with Gasteiger partial charge in [0.1, 0.15) is 0 Å². The van der Waals surface area contributed by atoms with Crippen molar-refractivity contribution in [3.05, 3.63) is 100 Å². The molecule has 0 aliphatic heterocycles. The van der Waals surface area contributed by atoms with Crippen LogP contribution >= 0.6 is 15.9 Å².